The van der Waals surface area contributed by atoms with Gasteiger partial charge in [-0.1, -0.05) is 48.9 Å². The molecule has 0 amide bonds. The van der Waals surface area contributed by atoms with Crippen molar-refractivity contribution in [1.29, 1.82) is 0 Å². The van der Waals surface area contributed by atoms with E-state index in [0.717, 1.165) is 43.9 Å². The van der Waals surface area contributed by atoms with E-state index in [1.165, 1.54) is 11.6 Å². The molecule has 0 aromatic heterocycles. The Bertz CT molecular complexity index is 939. The summed E-state index contributed by atoms with van der Waals surface area (Å²) in [4.78, 5) is 15.6. The molecule has 1 N–H and O–H groups in total. The Morgan fingerprint density at radius 1 is 1.17 bits per heavy atom. The minimum atomic E-state index is -0.430. The van der Waals surface area contributed by atoms with Gasteiger partial charge in [-0.15, -0.1) is 0 Å². The number of carbonyl (C=O) groups excluding carboxylic acids is 1. The standard InChI is InChI=1S/C28H42ClFN4O2/c1-7-33(16-14-24(36-21-35)20-32(6)19-22-11-9-8-10-12-22)15-13-23-17-25(29)26(30)18-27(23)34(31-5)28(2,3)4/h8-12,17-18,21,24,31H,7,13-16,19-20H2,1-6H3. The van der Waals surface area contributed by atoms with Gasteiger partial charge in [0.1, 0.15) is 11.9 Å². The Labute approximate surface area is 221 Å². The summed E-state index contributed by atoms with van der Waals surface area (Å²) < 4.78 is 19.8. The second-order valence-corrected chi connectivity index (χ2v) is 10.5. The molecule has 0 saturated heterocycles. The van der Waals surface area contributed by atoms with Gasteiger partial charge in [-0.25, -0.2) is 9.82 Å². The maximum Gasteiger partial charge on any atom is 0.293 e. The molecule has 6 nitrogen and oxygen atoms in total. The zero-order valence-electron chi connectivity index (χ0n) is 22.6. The molecular formula is C28H42ClFN4O2. The van der Waals surface area contributed by atoms with Gasteiger partial charge in [0.25, 0.3) is 6.47 Å². The van der Waals surface area contributed by atoms with Gasteiger partial charge in [0.15, 0.2) is 0 Å². The summed E-state index contributed by atoms with van der Waals surface area (Å²) in [6.07, 6.45) is 1.25. The molecule has 0 spiro atoms. The highest BCUT2D eigenvalue weighted by atomic mass is 35.5. The van der Waals surface area contributed by atoms with Gasteiger partial charge in [0.05, 0.1) is 10.7 Å². The first-order valence-corrected chi connectivity index (χ1v) is 13.0. The summed E-state index contributed by atoms with van der Waals surface area (Å²) in [5.41, 5.74) is 5.93. The summed E-state index contributed by atoms with van der Waals surface area (Å²) in [6.45, 7) is 12.7. The quantitative estimate of drug-likeness (QED) is 0.259. The highest BCUT2D eigenvalue weighted by molar-refractivity contribution is 6.30. The van der Waals surface area contributed by atoms with Gasteiger partial charge >= 0.3 is 0 Å². The van der Waals surface area contributed by atoms with Crippen LogP contribution in [0.3, 0.4) is 0 Å². The number of benzene rings is 2. The van der Waals surface area contributed by atoms with Crippen LogP contribution in [0.2, 0.25) is 5.02 Å². The number of hydrogen-bond donors (Lipinski definition) is 1. The van der Waals surface area contributed by atoms with Crippen molar-refractivity contribution in [3.05, 3.63) is 64.4 Å². The molecule has 2 rings (SSSR count). The molecule has 0 fully saturated rings. The van der Waals surface area contributed by atoms with Gasteiger partial charge in [0.2, 0.25) is 0 Å². The average molecular weight is 521 g/mol. The van der Waals surface area contributed by atoms with E-state index in [0.29, 0.717) is 19.4 Å². The molecule has 1 unspecified atom stereocenters. The molecular weight excluding hydrogens is 479 g/mol. The highest BCUT2D eigenvalue weighted by Crippen LogP contribution is 2.31. The first-order chi connectivity index (χ1) is 17.1. The summed E-state index contributed by atoms with van der Waals surface area (Å²) in [5.74, 6) is -0.430. The van der Waals surface area contributed by atoms with Gasteiger partial charge in [-0.3, -0.25) is 9.69 Å². The van der Waals surface area contributed by atoms with E-state index in [1.807, 2.05) is 37.3 Å². The van der Waals surface area contributed by atoms with Crippen molar-refractivity contribution in [2.24, 2.45) is 0 Å². The van der Waals surface area contributed by atoms with E-state index in [4.69, 9.17) is 16.3 Å². The Hall–Kier alpha value is -2.19. The lowest BCUT2D eigenvalue weighted by Crippen LogP contribution is -2.49. The maximum atomic E-state index is 14.4. The van der Waals surface area contributed by atoms with Crippen LogP contribution in [0.15, 0.2) is 42.5 Å². The smallest absolute Gasteiger partial charge is 0.293 e. The number of carbonyl (C=O) groups is 1. The Kier molecular flexibility index (Phi) is 12.1. The Morgan fingerprint density at radius 2 is 1.86 bits per heavy atom. The van der Waals surface area contributed by atoms with Crippen LogP contribution in [0.4, 0.5) is 10.1 Å². The van der Waals surface area contributed by atoms with Crippen LogP contribution >= 0.6 is 11.6 Å². The number of nitrogens with zero attached hydrogens (tertiary/aromatic N) is 3. The lowest BCUT2D eigenvalue weighted by molar-refractivity contribution is -0.134. The Balaban J connectivity index is 2.02. The second-order valence-electron chi connectivity index (χ2n) is 10.1. The van der Waals surface area contributed by atoms with Crippen LogP contribution in [-0.2, 0) is 22.5 Å². The number of halogens is 2. The number of nitrogens with one attached hydrogen (secondary N) is 1. The van der Waals surface area contributed by atoms with E-state index in [-0.39, 0.29) is 16.7 Å². The molecule has 0 heterocycles. The summed E-state index contributed by atoms with van der Waals surface area (Å²) in [5, 5.41) is 2.09. The molecule has 2 aromatic rings. The van der Waals surface area contributed by atoms with E-state index < -0.39 is 5.82 Å². The second kappa shape index (κ2) is 14.5. The minimum Gasteiger partial charge on any atom is -0.463 e. The van der Waals surface area contributed by atoms with E-state index in [2.05, 4.69) is 55.1 Å². The maximum absolute atomic E-state index is 14.4. The summed E-state index contributed by atoms with van der Waals surface area (Å²) in [7, 11) is 3.87. The zero-order valence-corrected chi connectivity index (χ0v) is 23.3. The van der Waals surface area contributed by atoms with Crippen molar-refractivity contribution in [2.75, 3.05) is 45.3 Å². The van der Waals surface area contributed by atoms with Crippen molar-refractivity contribution < 1.29 is 13.9 Å². The molecule has 1 atom stereocenters. The van der Waals surface area contributed by atoms with Crippen LogP contribution in [0.25, 0.3) is 0 Å². The predicted molar refractivity (Wildman–Crippen MR) is 147 cm³/mol. The molecule has 0 radical (unpaired) electrons. The van der Waals surface area contributed by atoms with Crippen LogP contribution in [0, 0.1) is 5.82 Å². The fourth-order valence-electron chi connectivity index (χ4n) is 4.42. The topological polar surface area (TPSA) is 48.0 Å². The minimum absolute atomic E-state index is 0.127. The molecule has 0 saturated carbocycles. The molecule has 36 heavy (non-hydrogen) atoms. The fraction of sp³-hybridized carbons (Fsp3) is 0.536. The lowest BCUT2D eigenvalue weighted by atomic mass is 10.0. The average Bonchev–Trinajstić information content (AvgIpc) is 2.82. The predicted octanol–water partition coefficient (Wildman–Crippen LogP) is 5.15. The van der Waals surface area contributed by atoms with Crippen molar-refractivity contribution in [3.8, 4) is 0 Å². The van der Waals surface area contributed by atoms with E-state index in [9.17, 15) is 9.18 Å². The van der Waals surface area contributed by atoms with Crippen molar-refractivity contribution in [1.82, 2.24) is 15.2 Å². The number of likely N-dealkylation sites (N-methyl/N-ethyl adjacent to an activating group) is 2. The number of rotatable bonds is 15. The molecule has 0 aliphatic heterocycles. The van der Waals surface area contributed by atoms with Crippen LogP contribution in [-0.4, -0.2) is 68.2 Å². The van der Waals surface area contributed by atoms with Crippen LogP contribution < -0.4 is 10.4 Å². The third-order valence-corrected chi connectivity index (χ3v) is 6.52. The van der Waals surface area contributed by atoms with Gasteiger partial charge < -0.3 is 14.6 Å². The van der Waals surface area contributed by atoms with E-state index in [1.54, 1.807) is 6.07 Å². The number of ether oxygens (including phenoxy) is 1. The lowest BCUT2D eigenvalue weighted by Gasteiger charge is -2.38. The first-order valence-electron chi connectivity index (χ1n) is 12.6. The largest absolute Gasteiger partial charge is 0.463 e. The normalized spacial score (nSPS) is 12.7. The van der Waals surface area contributed by atoms with E-state index >= 15 is 0 Å². The molecule has 0 bridgehead atoms. The molecule has 8 heteroatoms. The van der Waals surface area contributed by atoms with Crippen LogP contribution in [0.5, 0.6) is 0 Å². The first kappa shape index (κ1) is 30.0. The van der Waals surface area contributed by atoms with Gasteiger partial charge in [-0.05, 0) is 64.4 Å². The number of hydrazine groups is 1. The molecule has 200 valence electrons. The molecule has 0 aliphatic rings. The molecule has 0 aliphatic carbocycles. The third-order valence-electron chi connectivity index (χ3n) is 6.23. The monoisotopic (exact) mass is 520 g/mol. The fourth-order valence-corrected chi connectivity index (χ4v) is 4.61. The summed E-state index contributed by atoms with van der Waals surface area (Å²) in [6, 6.07) is 13.5. The third kappa shape index (κ3) is 9.36. The summed E-state index contributed by atoms with van der Waals surface area (Å²) >= 11 is 6.16. The van der Waals surface area contributed by atoms with Gasteiger partial charge in [0, 0.05) is 44.8 Å². The SMILES string of the molecule is CCN(CCc1cc(Cl)c(F)cc1N(NC)C(C)(C)C)CCC(CN(C)Cc1ccccc1)OC=O. The van der Waals surface area contributed by atoms with Gasteiger partial charge in [-0.2, -0.15) is 0 Å². The highest BCUT2D eigenvalue weighted by Gasteiger charge is 2.24. The Morgan fingerprint density at radius 3 is 2.44 bits per heavy atom. The number of anilines is 1. The van der Waals surface area contributed by atoms with Crippen molar-refractivity contribution in [2.45, 2.75) is 58.7 Å². The van der Waals surface area contributed by atoms with Crippen LogP contribution in [0.1, 0.15) is 45.2 Å². The van der Waals surface area contributed by atoms with Crippen molar-refractivity contribution in [3.63, 3.8) is 0 Å². The molecule has 2 aromatic carbocycles. The zero-order chi connectivity index (χ0) is 26.7. The number of hydrogen-bond acceptors (Lipinski definition) is 6. The van der Waals surface area contributed by atoms with Crippen molar-refractivity contribution >= 4 is 23.8 Å².